The van der Waals surface area contributed by atoms with Crippen molar-refractivity contribution in [3.63, 3.8) is 0 Å². The fourth-order valence-corrected chi connectivity index (χ4v) is 10.3. The minimum absolute atomic E-state index is 0.0687. The second-order valence-corrected chi connectivity index (χ2v) is 18.6. The van der Waals surface area contributed by atoms with Crippen molar-refractivity contribution in [1.29, 1.82) is 0 Å². The van der Waals surface area contributed by atoms with E-state index in [1.807, 2.05) is 0 Å². The molecule has 0 aliphatic heterocycles. The summed E-state index contributed by atoms with van der Waals surface area (Å²) in [6.07, 6.45) is 0. The van der Waals surface area contributed by atoms with Gasteiger partial charge >= 0.3 is 0 Å². The molecule has 0 saturated heterocycles. The molecular weight excluding hydrogens is 783 g/mol. The minimum atomic E-state index is -0.266. The van der Waals surface area contributed by atoms with Gasteiger partial charge in [0.25, 0.3) is 0 Å². The van der Waals surface area contributed by atoms with Gasteiger partial charge < -0.3 is 4.90 Å². The van der Waals surface area contributed by atoms with Gasteiger partial charge in [-0.05, 0) is 120 Å². The molecule has 1 heteroatoms. The molecule has 10 aromatic rings. The van der Waals surface area contributed by atoms with E-state index in [4.69, 9.17) is 0 Å². The van der Waals surface area contributed by atoms with Crippen molar-refractivity contribution in [2.45, 2.75) is 38.5 Å². The Bertz CT molecular complexity index is 3340. The van der Waals surface area contributed by atoms with Crippen molar-refractivity contribution in [2.24, 2.45) is 0 Å². The molecule has 312 valence electrons. The van der Waals surface area contributed by atoms with Gasteiger partial charge in [0.1, 0.15) is 0 Å². The minimum Gasteiger partial charge on any atom is -0.309 e. The van der Waals surface area contributed by atoms with Gasteiger partial charge in [-0.1, -0.05) is 227 Å². The number of hydrogen-bond donors (Lipinski definition) is 0. The summed E-state index contributed by atoms with van der Waals surface area (Å²) in [5.74, 6) is 0. The smallest absolute Gasteiger partial charge is 0.0543 e. The lowest BCUT2D eigenvalue weighted by Crippen LogP contribution is -2.22. The third kappa shape index (κ3) is 6.96. The summed E-state index contributed by atoms with van der Waals surface area (Å²) in [4.78, 5) is 2.51. The van der Waals surface area contributed by atoms with Crippen LogP contribution in [0, 0.1) is 0 Å². The Morgan fingerprint density at radius 1 is 0.354 bits per heavy atom. The lowest BCUT2D eigenvalue weighted by atomic mass is 9.74. The van der Waals surface area contributed by atoms with Crippen LogP contribution in [0.5, 0.6) is 0 Å². The van der Waals surface area contributed by atoms with E-state index in [0.717, 1.165) is 17.1 Å². The van der Waals surface area contributed by atoms with Gasteiger partial charge in [0.2, 0.25) is 0 Å². The highest BCUT2D eigenvalue weighted by molar-refractivity contribution is 6.09. The molecule has 1 atom stereocenters. The molecule has 0 bridgehead atoms. The predicted molar refractivity (Wildman–Crippen MR) is 277 cm³/mol. The normalized spacial score (nSPS) is 14.2. The molecule has 0 N–H and O–H groups in total. The van der Waals surface area contributed by atoms with Crippen LogP contribution in [0.2, 0.25) is 0 Å². The number of hydrogen-bond acceptors (Lipinski definition) is 1. The van der Waals surface area contributed by atoms with E-state index in [1.54, 1.807) is 0 Å². The zero-order valence-electron chi connectivity index (χ0n) is 37.5. The van der Waals surface area contributed by atoms with Gasteiger partial charge in [0, 0.05) is 22.2 Å². The molecule has 1 aliphatic rings. The second kappa shape index (κ2) is 16.1. The average molecular weight is 834 g/mol. The number of fused-ring (bicyclic) bond motifs is 4. The first-order chi connectivity index (χ1) is 31.8. The zero-order valence-corrected chi connectivity index (χ0v) is 37.5. The van der Waals surface area contributed by atoms with Gasteiger partial charge in [-0.2, -0.15) is 0 Å². The number of anilines is 3. The Labute approximate surface area is 384 Å². The summed E-state index contributed by atoms with van der Waals surface area (Å²) < 4.78 is 0. The van der Waals surface area contributed by atoms with Crippen molar-refractivity contribution in [3.05, 3.63) is 259 Å². The summed E-state index contributed by atoms with van der Waals surface area (Å²) in [5.41, 5.74) is 20.5. The van der Waals surface area contributed by atoms with Crippen LogP contribution in [0.25, 0.3) is 66.4 Å². The third-order valence-corrected chi connectivity index (χ3v) is 13.7. The Kier molecular flexibility index (Phi) is 9.93. The van der Waals surface area contributed by atoms with Crippen LogP contribution in [-0.2, 0) is 10.8 Å². The summed E-state index contributed by atoms with van der Waals surface area (Å²) in [7, 11) is 0. The van der Waals surface area contributed by atoms with E-state index in [2.05, 4.69) is 269 Å². The first kappa shape index (κ1) is 40.1. The lowest BCUT2D eigenvalue weighted by molar-refractivity contribution is 0.590. The maximum absolute atomic E-state index is 2.51. The maximum atomic E-state index is 2.51. The van der Waals surface area contributed by atoms with Gasteiger partial charge in [0.15, 0.2) is 0 Å². The summed E-state index contributed by atoms with van der Waals surface area (Å²) >= 11 is 0. The monoisotopic (exact) mass is 833 g/mol. The topological polar surface area (TPSA) is 3.24 Å². The highest BCUT2D eigenvalue weighted by Gasteiger charge is 2.40. The number of para-hydroxylation sites is 1. The van der Waals surface area contributed by atoms with Crippen molar-refractivity contribution in [3.8, 4) is 55.6 Å². The highest BCUT2D eigenvalue weighted by Crippen LogP contribution is 2.54. The summed E-state index contributed by atoms with van der Waals surface area (Å²) in [6.45, 7) is 9.31. The highest BCUT2D eigenvalue weighted by atomic mass is 15.1. The molecule has 0 fully saturated rings. The Morgan fingerprint density at radius 2 is 0.892 bits per heavy atom. The molecule has 0 saturated carbocycles. The SMILES string of the molecule is CC(C)(C)c1ccc(-c2ccccc2)c(N(c2ccc(-c3ccc4c(c3)C(C)(c3ccccc3)c3ccccc3-4)cc2)c2ccccc2-c2cccc3cccc(-c4ccccc4)c23)c1. The van der Waals surface area contributed by atoms with Gasteiger partial charge in [-0.15, -0.1) is 0 Å². The predicted octanol–water partition coefficient (Wildman–Crippen LogP) is 17.6. The van der Waals surface area contributed by atoms with Crippen molar-refractivity contribution < 1.29 is 0 Å². The van der Waals surface area contributed by atoms with Crippen LogP contribution >= 0.6 is 0 Å². The van der Waals surface area contributed by atoms with Crippen LogP contribution in [0.15, 0.2) is 237 Å². The molecule has 0 heterocycles. The summed E-state index contributed by atoms with van der Waals surface area (Å²) in [6, 6.07) is 87.4. The fraction of sp³-hybridized carbons (Fsp3) is 0.0938. The number of rotatable bonds is 8. The number of benzene rings is 10. The first-order valence-corrected chi connectivity index (χ1v) is 22.8. The summed E-state index contributed by atoms with van der Waals surface area (Å²) in [5, 5.41) is 2.46. The van der Waals surface area contributed by atoms with E-state index in [1.165, 1.54) is 88.7 Å². The average Bonchev–Trinajstić information content (AvgIpc) is 3.62. The Balaban J connectivity index is 1.11. The van der Waals surface area contributed by atoms with Crippen molar-refractivity contribution in [1.82, 2.24) is 0 Å². The van der Waals surface area contributed by atoms with E-state index < -0.39 is 0 Å². The zero-order chi connectivity index (χ0) is 44.1. The van der Waals surface area contributed by atoms with Crippen LogP contribution in [-0.4, -0.2) is 0 Å². The first-order valence-electron chi connectivity index (χ1n) is 22.8. The molecule has 65 heavy (non-hydrogen) atoms. The molecular formula is C64H51N. The largest absolute Gasteiger partial charge is 0.309 e. The number of nitrogens with zero attached hydrogens (tertiary/aromatic N) is 1. The molecule has 0 amide bonds. The second-order valence-electron chi connectivity index (χ2n) is 18.6. The Hall–Kier alpha value is -7.74. The lowest BCUT2D eigenvalue weighted by Gasteiger charge is -2.32. The van der Waals surface area contributed by atoms with E-state index in [0.29, 0.717) is 0 Å². The van der Waals surface area contributed by atoms with Gasteiger partial charge in [0.05, 0.1) is 11.4 Å². The van der Waals surface area contributed by atoms with Crippen molar-refractivity contribution >= 4 is 27.8 Å². The van der Waals surface area contributed by atoms with E-state index in [9.17, 15) is 0 Å². The molecule has 1 nitrogen and oxygen atoms in total. The van der Waals surface area contributed by atoms with E-state index >= 15 is 0 Å². The third-order valence-electron chi connectivity index (χ3n) is 13.7. The molecule has 0 spiro atoms. The van der Waals surface area contributed by atoms with Crippen LogP contribution in [0.4, 0.5) is 17.1 Å². The molecule has 10 aromatic carbocycles. The van der Waals surface area contributed by atoms with Gasteiger partial charge in [-0.25, -0.2) is 0 Å². The molecule has 1 aliphatic carbocycles. The van der Waals surface area contributed by atoms with Gasteiger partial charge in [-0.3, -0.25) is 0 Å². The molecule has 11 rings (SSSR count). The fourth-order valence-electron chi connectivity index (χ4n) is 10.3. The van der Waals surface area contributed by atoms with Crippen LogP contribution in [0.1, 0.15) is 49.9 Å². The molecule has 0 radical (unpaired) electrons. The van der Waals surface area contributed by atoms with Crippen LogP contribution < -0.4 is 4.90 Å². The maximum Gasteiger partial charge on any atom is 0.0543 e. The van der Waals surface area contributed by atoms with Crippen molar-refractivity contribution in [2.75, 3.05) is 4.90 Å². The van der Waals surface area contributed by atoms with E-state index in [-0.39, 0.29) is 10.8 Å². The standard InChI is InChI=1S/C64H51N/c1-63(2,3)50-37-41-52(45-20-8-5-9-21-45)61(43-50)65(60-33-17-15-29-56(60)57-31-19-25-47-24-18-30-53(62(47)57)46-22-10-6-11-23-46)51-38-34-44(35-39-51)48-36-40-55-54-28-14-16-32-58(54)64(4,59(55)42-48)49-26-12-7-13-27-49/h5-43H,1-4H3. The Morgan fingerprint density at radius 3 is 1.58 bits per heavy atom. The quantitative estimate of drug-likeness (QED) is 0.147. The molecule has 0 aromatic heterocycles. The van der Waals surface area contributed by atoms with Crippen LogP contribution in [0.3, 0.4) is 0 Å². The molecule has 1 unspecified atom stereocenters.